The van der Waals surface area contributed by atoms with E-state index >= 15 is 0 Å². The van der Waals surface area contributed by atoms with Crippen LogP contribution < -0.4 is 5.32 Å². The van der Waals surface area contributed by atoms with E-state index in [0.717, 1.165) is 6.08 Å². The van der Waals surface area contributed by atoms with Crippen molar-refractivity contribution < 1.29 is 31.4 Å². The number of nitrogens with one attached hydrogen (secondary N) is 1. The molecule has 0 bridgehead atoms. The Labute approximate surface area is 138 Å². The summed E-state index contributed by atoms with van der Waals surface area (Å²) in [5.41, 5.74) is -3.61. The van der Waals surface area contributed by atoms with Crippen LogP contribution in [-0.4, -0.2) is 50.4 Å². The summed E-state index contributed by atoms with van der Waals surface area (Å²) in [6.07, 6.45) is -3.09. The maximum atomic E-state index is 12.6. The van der Waals surface area contributed by atoms with Crippen LogP contribution in [0, 0.1) is 0 Å². The van der Waals surface area contributed by atoms with Gasteiger partial charge in [-0.2, -0.15) is 13.2 Å². The highest BCUT2D eigenvalue weighted by atomic mass is 32.2. The second kappa shape index (κ2) is 6.83. The van der Waals surface area contributed by atoms with Crippen LogP contribution in [0.4, 0.5) is 13.2 Å². The molecule has 2 rings (SSSR count). The topological polar surface area (TPSA) is 75.6 Å². The number of morpholine rings is 1. The van der Waals surface area contributed by atoms with E-state index in [2.05, 4.69) is 5.32 Å². The van der Waals surface area contributed by atoms with Crippen molar-refractivity contribution in [3.05, 3.63) is 35.9 Å². The third-order valence-corrected chi connectivity index (χ3v) is 5.55. The van der Waals surface area contributed by atoms with Gasteiger partial charge in [-0.05, 0) is 30.7 Å². The second-order valence-corrected chi connectivity index (χ2v) is 7.68. The largest absolute Gasteiger partial charge is 0.420 e. The summed E-state index contributed by atoms with van der Waals surface area (Å²) < 4.78 is 67.7. The molecule has 0 aliphatic carbocycles. The molecule has 0 radical (unpaired) electrons. The van der Waals surface area contributed by atoms with Crippen LogP contribution >= 0.6 is 0 Å². The number of rotatable bonds is 4. The van der Waals surface area contributed by atoms with Gasteiger partial charge in [0.15, 0.2) is 11.0 Å². The van der Waals surface area contributed by atoms with Gasteiger partial charge in [0.1, 0.15) is 0 Å². The standard InChI is InChI=1S/C15H18F3NO4S/c1-14(20,15(16,17)18)7-6-11-2-4-12(5-3-11)24(21,22)13-10-19-8-9-23-13/h2-7,13,19-20H,8-10H2,1H3/b7-6+. The highest BCUT2D eigenvalue weighted by molar-refractivity contribution is 7.92. The molecule has 1 heterocycles. The van der Waals surface area contributed by atoms with E-state index in [-0.39, 0.29) is 18.0 Å². The summed E-state index contributed by atoms with van der Waals surface area (Å²) in [6.45, 7) is 1.68. The number of benzene rings is 1. The molecule has 0 aromatic heterocycles. The molecule has 2 N–H and O–H groups in total. The SMILES string of the molecule is CC(O)(/C=C/c1ccc(S(=O)(=O)C2CNCCO2)cc1)C(F)(F)F. The van der Waals surface area contributed by atoms with Crippen molar-refractivity contribution >= 4 is 15.9 Å². The molecule has 0 saturated carbocycles. The highest BCUT2D eigenvalue weighted by Crippen LogP contribution is 2.31. The summed E-state index contributed by atoms with van der Waals surface area (Å²) in [5, 5.41) is 12.3. The van der Waals surface area contributed by atoms with Gasteiger partial charge >= 0.3 is 6.18 Å². The zero-order valence-electron chi connectivity index (χ0n) is 12.9. The molecule has 9 heteroatoms. The maximum Gasteiger partial charge on any atom is 0.420 e. The van der Waals surface area contributed by atoms with Crippen LogP contribution in [0.3, 0.4) is 0 Å². The van der Waals surface area contributed by atoms with E-state index in [0.29, 0.717) is 25.1 Å². The van der Waals surface area contributed by atoms with Crippen molar-refractivity contribution in [3.63, 3.8) is 0 Å². The quantitative estimate of drug-likeness (QED) is 0.850. The molecule has 1 fully saturated rings. The zero-order valence-corrected chi connectivity index (χ0v) is 13.7. The van der Waals surface area contributed by atoms with Gasteiger partial charge in [-0.25, -0.2) is 8.42 Å². The fourth-order valence-corrected chi connectivity index (χ4v) is 3.45. The van der Waals surface area contributed by atoms with E-state index in [9.17, 15) is 26.7 Å². The summed E-state index contributed by atoms with van der Waals surface area (Å²) in [5.74, 6) is 0. The summed E-state index contributed by atoms with van der Waals surface area (Å²) >= 11 is 0. The Bertz CT molecular complexity index is 690. The third-order valence-electron chi connectivity index (χ3n) is 3.62. The van der Waals surface area contributed by atoms with E-state index in [1.165, 1.54) is 24.3 Å². The Hall–Kier alpha value is -1.42. The lowest BCUT2D eigenvalue weighted by Crippen LogP contribution is -2.42. The van der Waals surface area contributed by atoms with Crippen molar-refractivity contribution in [2.24, 2.45) is 0 Å². The molecule has 1 aliphatic heterocycles. The minimum absolute atomic E-state index is 0.0240. The van der Waals surface area contributed by atoms with Crippen molar-refractivity contribution in [3.8, 4) is 0 Å². The Morgan fingerprint density at radius 3 is 2.42 bits per heavy atom. The number of hydrogen-bond donors (Lipinski definition) is 2. The van der Waals surface area contributed by atoms with Gasteiger partial charge in [0.05, 0.1) is 11.5 Å². The van der Waals surface area contributed by atoms with Crippen LogP contribution in [0.5, 0.6) is 0 Å². The predicted octanol–water partition coefficient (Wildman–Crippen LogP) is 1.73. The first-order valence-electron chi connectivity index (χ1n) is 7.19. The average molecular weight is 365 g/mol. The number of hydrogen-bond acceptors (Lipinski definition) is 5. The van der Waals surface area contributed by atoms with Crippen molar-refractivity contribution in [2.45, 2.75) is 29.0 Å². The molecule has 0 spiro atoms. The number of aliphatic hydroxyl groups is 1. The lowest BCUT2D eigenvalue weighted by atomic mass is 10.0. The van der Waals surface area contributed by atoms with Crippen molar-refractivity contribution in [1.82, 2.24) is 5.32 Å². The first-order chi connectivity index (χ1) is 11.0. The summed E-state index contributed by atoms with van der Waals surface area (Å²) in [4.78, 5) is 0.0240. The van der Waals surface area contributed by atoms with Gasteiger partial charge in [0.25, 0.3) is 0 Å². The maximum absolute atomic E-state index is 12.6. The van der Waals surface area contributed by atoms with E-state index in [1.807, 2.05) is 0 Å². The molecule has 1 saturated heterocycles. The Morgan fingerprint density at radius 2 is 1.92 bits per heavy atom. The normalized spacial score (nSPS) is 22.5. The van der Waals surface area contributed by atoms with E-state index in [1.54, 1.807) is 0 Å². The van der Waals surface area contributed by atoms with Gasteiger partial charge in [0.2, 0.25) is 9.84 Å². The minimum Gasteiger partial charge on any atom is -0.377 e. The highest BCUT2D eigenvalue weighted by Gasteiger charge is 2.47. The summed E-state index contributed by atoms with van der Waals surface area (Å²) in [7, 11) is -3.68. The molecule has 0 amide bonds. The smallest absolute Gasteiger partial charge is 0.377 e. The lowest BCUT2D eigenvalue weighted by Gasteiger charge is -2.23. The summed E-state index contributed by atoms with van der Waals surface area (Å²) in [6, 6.07) is 5.34. The molecular weight excluding hydrogens is 347 g/mol. The monoisotopic (exact) mass is 365 g/mol. The van der Waals surface area contributed by atoms with Gasteiger partial charge in [0, 0.05) is 13.1 Å². The third kappa shape index (κ3) is 4.15. The molecular formula is C15H18F3NO4S. The van der Waals surface area contributed by atoms with Crippen LogP contribution in [-0.2, 0) is 14.6 Å². The van der Waals surface area contributed by atoms with E-state index < -0.39 is 27.1 Å². The molecule has 2 atom stereocenters. The Morgan fingerprint density at radius 1 is 1.29 bits per heavy atom. The minimum atomic E-state index is -4.79. The lowest BCUT2D eigenvalue weighted by molar-refractivity contribution is -0.232. The number of ether oxygens (including phenoxy) is 1. The van der Waals surface area contributed by atoms with Crippen molar-refractivity contribution in [1.29, 1.82) is 0 Å². The molecule has 1 aliphatic rings. The number of sulfone groups is 1. The Kier molecular flexibility index (Phi) is 5.38. The Balaban J connectivity index is 2.16. The van der Waals surface area contributed by atoms with Crippen LogP contribution in [0.1, 0.15) is 12.5 Å². The number of alkyl halides is 3. The van der Waals surface area contributed by atoms with Gasteiger partial charge < -0.3 is 15.2 Å². The van der Waals surface area contributed by atoms with E-state index in [4.69, 9.17) is 4.74 Å². The predicted molar refractivity (Wildman–Crippen MR) is 82.0 cm³/mol. The molecule has 24 heavy (non-hydrogen) atoms. The van der Waals surface area contributed by atoms with Crippen molar-refractivity contribution in [2.75, 3.05) is 19.7 Å². The molecule has 1 aromatic rings. The first-order valence-corrected chi connectivity index (χ1v) is 8.73. The molecule has 5 nitrogen and oxygen atoms in total. The second-order valence-electron chi connectivity index (χ2n) is 5.60. The molecule has 134 valence electrons. The first kappa shape index (κ1) is 18.9. The average Bonchev–Trinajstić information content (AvgIpc) is 2.53. The fraction of sp³-hybridized carbons (Fsp3) is 0.467. The van der Waals surface area contributed by atoms with Crippen LogP contribution in [0.2, 0.25) is 0 Å². The van der Waals surface area contributed by atoms with Gasteiger partial charge in [-0.15, -0.1) is 0 Å². The van der Waals surface area contributed by atoms with Crippen LogP contribution in [0.25, 0.3) is 6.08 Å². The molecule has 2 unspecified atom stereocenters. The molecule has 1 aromatic carbocycles. The van der Waals surface area contributed by atoms with Gasteiger partial charge in [-0.1, -0.05) is 18.2 Å². The fourth-order valence-electron chi connectivity index (χ4n) is 2.01. The zero-order chi connectivity index (χ0) is 18.0. The van der Waals surface area contributed by atoms with Gasteiger partial charge in [-0.3, -0.25) is 0 Å². The number of halogens is 3. The van der Waals surface area contributed by atoms with Crippen LogP contribution in [0.15, 0.2) is 35.2 Å².